The summed E-state index contributed by atoms with van der Waals surface area (Å²) in [5.41, 5.74) is 1.99. The Bertz CT molecular complexity index is 1030. The minimum Gasteiger partial charge on any atom is -0.486 e. The number of hydrogen-bond donors (Lipinski definition) is 2. The zero-order valence-corrected chi connectivity index (χ0v) is 21.5. The van der Waals surface area contributed by atoms with E-state index in [2.05, 4.69) is 27.2 Å². The summed E-state index contributed by atoms with van der Waals surface area (Å²) in [6.07, 6.45) is 3.26. The molecule has 1 amide bonds. The molecule has 2 aromatic rings. The molecule has 36 heavy (non-hydrogen) atoms. The molecule has 8 heteroatoms. The van der Waals surface area contributed by atoms with Crippen molar-refractivity contribution in [2.24, 2.45) is 5.92 Å². The van der Waals surface area contributed by atoms with E-state index in [9.17, 15) is 9.90 Å². The molecule has 3 heterocycles. The van der Waals surface area contributed by atoms with Gasteiger partial charge in [-0.1, -0.05) is 29.8 Å². The second-order valence-corrected chi connectivity index (χ2v) is 10.6. The standard InChI is InChI=1S/C28H36ClN3O4/c29-23-6-3-20(4-7-23)9-13-32-14-10-22(18-32)28(34)30-24(19-31-11-1-2-12-31)27(33)21-5-8-25-26(17-21)36-16-15-35-25/h3-8,17,22,24,27,33H,1-2,9-16,18-19H2,(H,30,34)/t22-,24+,27+/m0/s1. The van der Waals surface area contributed by atoms with Gasteiger partial charge >= 0.3 is 0 Å². The summed E-state index contributed by atoms with van der Waals surface area (Å²) in [5.74, 6) is 1.31. The summed E-state index contributed by atoms with van der Waals surface area (Å²) < 4.78 is 11.3. The lowest BCUT2D eigenvalue weighted by Crippen LogP contribution is -2.48. The van der Waals surface area contributed by atoms with Crippen molar-refractivity contribution in [2.45, 2.75) is 37.8 Å². The van der Waals surface area contributed by atoms with E-state index in [4.69, 9.17) is 21.1 Å². The van der Waals surface area contributed by atoms with Gasteiger partial charge in [0.2, 0.25) is 5.91 Å². The first-order valence-corrected chi connectivity index (χ1v) is 13.5. The summed E-state index contributed by atoms with van der Waals surface area (Å²) in [4.78, 5) is 18.0. The number of amides is 1. The predicted molar refractivity (Wildman–Crippen MR) is 140 cm³/mol. The molecule has 0 aliphatic carbocycles. The molecule has 0 saturated carbocycles. The van der Waals surface area contributed by atoms with Crippen molar-refractivity contribution in [3.05, 3.63) is 58.6 Å². The molecular formula is C28H36ClN3O4. The van der Waals surface area contributed by atoms with E-state index in [1.165, 1.54) is 5.56 Å². The molecule has 0 bridgehead atoms. The Labute approximate surface area is 218 Å². The van der Waals surface area contributed by atoms with Gasteiger partial charge in [-0.05, 0) is 80.7 Å². The van der Waals surface area contributed by atoms with Gasteiger partial charge in [0.15, 0.2) is 11.5 Å². The van der Waals surface area contributed by atoms with Crippen LogP contribution in [0.3, 0.4) is 0 Å². The quantitative estimate of drug-likeness (QED) is 0.536. The number of hydrogen-bond acceptors (Lipinski definition) is 6. The molecule has 7 nitrogen and oxygen atoms in total. The third kappa shape index (κ3) is 6.32. The molecule has 0 unspecified atom stereocenters. The first-order chi connectivity index (χ1) is 17.5. The third-order valence-electron chi connectivity index (χ3n) is 7.54. The van der Waals surface area contributed by atoms with Crippen LogP contribution in [0.25, 0.3) is 0 Å². The van der Waals surface area contributed by atoms with Crippen LogP contribution in [0, 0.1) is 5.92 Å². The van der Waals surface area contributed by atoms with Crippen molar-refractivity contribution in [2.75, 3.05) is 52.5 Å². The topological polar surface area (TPSA) is 74.3 Å². The Morgan fingerprint density at radius 1 is 1.03 bits per heavy atom. The number of benzene rings is 2. The first kappa shape index (κ1) is 25.3. The van der Waals surface area contributed by atoms with Gasteiger partial charge in [0, 0.05) is 24.7 Å². The normalized spacial score (nSPS) is 21.9. The number of fused-ring (bicyclic) bond motifs is 1. The van der Waals surface area contributed by atoms with Gasteiger partial charge < -0.3 is 29.7 Å². The number of rotatable bonds is 9. The number of carbonyl (C=O) groups excluding carboxylic acids is 1. The van der Waals surface area contributed by atoms with Crippen LogP contribution in [-0.2, 0) is 11.2 Å². The summed E-state index contributed by atoms with van der Waals surface area (Å²) >= 11 is 5.99. The number of aliphatic hydroxyl groups excluding tert-OH is 1. The maximum atomic E-state index is 13.3. The Kier molecular flexibility index (Phi) is 8.32. The molecule has 0 spiro atoms. The predicted octanol–water partition coefficient (Wildman–Crippen LogP) is 3.29. The molecule has 0 radical (unpaired) electrons. The van der Waals surface area contributed by atoms with Gasteiger partial charge in [0.05, 0.1) is 12.0 Å². The molecule has 3 atom stereocenters. The summed E-state index contributed by atoms with van der Waals surface area (Å²) in [6.45, 7) is 6.24. The smallest absolute Gasteiger partial charge is 0.224 e. The lowest BCUT2D eigenvalue weighted by molar-refractivity contribution is -0.126. The van der Waals surface area contributed by atoms with Crippen LogP contribution in [0.4, 0.5) is 0 Å². The van der Waals surface area contributed by atoms with Gasteiger partial charge in [0.1, 0.15) is 19.3 Å². The minimum atomic E-state index is -0.826. The average molecular weight is 514 g/mol. The highest BCUT2D eigenvalue weighted by atomic mass is 35.5. The number of likely N-dealkylation sites (tertiary alicyclic amines) is 2. The first-order valence-electron chi connectivity index (χ1n) is 13.1. The summed E-state index contributed by atoms with van der Waals surface area (Å²) in [6, 6.07) is 13.1. The lowest BCUT2D eigenvalue weighted by Gasteiger charge is -2.30. The molecular weight excluding hydrogens is 478 g/mol. The Morgan fingerprint density at radius 2 is 1.78 bits per heavy atom. The molecule has 194 valence electrons. The largest absolute Gasteiger partial charge is 0.486 e. The number of aliphatic hydroxyl groups is 1. The second-order valence-electron chi connectivity index (χ2n) is 10.1. The zero-order valence-electron chi connectivity index (χ0n) is 20.7. The third-order valence-corrected chi connectivity index (χ3v) is 7.80. The minimum absolute atomic E-state index is 0.0322. The highest BCUT2D eigenvalue weighted by Crippen LogP contribution is 2.33. The molecule has 3 aliphatic rings. The SMILES string of the molecule is O=C(N[C@H](CN1CCCC1)[C@H](O)c1ccc2c(c1)OCCO2)[C@H]1CCN(CCc2ccc(Cl)cc2)C1. The Morgan fingerprint density at radius 3 is 2.56 bits per heavy atom. The number of halogens is 1. The fourth-order valence-electron chi connectivity index (χ4n) is 5.43. The average Bonchev–Trinajstić information content (AvgIpc) is 3.60. The molecule has 2 N–H and O–H groups in total. The highest BCUT2D eigenvalue weighted by Gasteiger charge is 2.33. The van der Waals surface area contributed by atoms with Crippen molar-refractivity contribution in [3.63, 3.8) is 0 Å². The monoisotopic (exact) mass is 513 g/mol. The van der Waals surface area contributed by atoms with Crippen molar-refractivity contribution in [1.29, 1.82) is 0 Å². The number of nitrogens with one attached hydrogen (secondary N) is 1. The van der Waals surface area contributed by atoms with Crippen LogP contribution in [0.1, 0.15) is 36.5 Å². The Hall–Kier alpha value is -2.32. The Balaban J connectivity index is 1.20. The fourth-order valence-corrected chi connectivity index (χ4v) is 5.56. The van der Waals surface area contributed by atoms with Gasteiger partial charge in [-0.2, -0.15) is 0 Å². The number of ether oxygens (including phenoxy) is 2. The van der Waals surface area contributed by atoms with Gasteiger partial charge in [0.25, 0.3) is 0 Å². The second kappa shape index (κ2) is 11.8. The van der Waals surface area contributed by atoms with Crippen LogP contribution in [-0.4, -0.2) is 79.3 Å². The summed E-state index contributed by atoms with van der Waals surface area (Å²) in [5, 5.41) is 15.3. The van der Waals surface area contributed by atoms with Crippen LogP contribution >= 0.6 is 11.6 Å². The van der Waals surface area contributed by atoms with Crippen molar-refractivity contribution in [1.82, 2.24) is 15.1 Å². The number of carbonyl (C=O) groups is 1. The maximum absolute atomic E-state index is 13.3. The van der Waals surface area contributed by atoms with Crippen LogP contribution in [0.2, 0.25) is 5.02 Å². The van der Waals surface area contributed by atoms with Gasteiger partial charge in [-0.15, -0.1) is 0 Å². The molecule has 2 fully saturated rings. The van der Waals surface area contributed by atoms with Crippen molar-refractivity contribution in [3.8, 4) is 11.5 Å². The molecule has 2 aromatic carbocycles. The van der Waals surface area contributed by atoms with E-state index in [1.54, 1.807) is 0 Å². The van der Waals surface area contributed by atoms with Crippen LogP contribution in [0.5, 0.6) is 11.5 Å². The molecule has 5 rings (SSSR count). The molecule has 0 aromatic heterocycles. The summed E-state index contributed by atoms with van der Waals surface area (Å²) in [7, 11) is 0. The van der Waals surface area contributed by atoms with E-state index < -0.39 is 6.10 Å². The van der Waals surface area contributed by atoms with E-state index in [1.807, 2.05) is 30.3 Å². The van der Waals surface area contributed by atoms with Crippen molar-refractivity contribution >= 4 is 17.5 Å². The number of nitrogens with zero attached hydrogens (tertiary/aromatic N) is 2. The highest BCUT2D eigenvalue weighted by molar-refractivity contribution is 6.30. The van der Waals surface area contributed by atoms with Crippen LogP contribution in [0.15, 0.2) is 42.5 Å². The van der Waals surface area contributed by atoms with Crippen molar-refractivity contribution < 1.29 is 19.4 Å². The van der Waals surface area contributed by atoms with Gasteiger partial charge in [-0.25, -0.2) is 0 Å². The zero-order chi connectivity index (χ0) is 24.9. The molecule has 2 saturated heterocycles. The van der Waals surface area contributed by atoms with Gasteiger partial charge in [-0.3, -0.25) is 4.79 Å². The fraction of sp³-hybridized carbons (Fsp3) is 0.536. The van der Waals surface area contributed by atoms with E-state index in [-0.39, 0.29) is 17.9 Å². The lowest BCUT2D eigenvalue weighted by atomic mass is 9.99. The van der Waals surface area contributed by atoms with Crippen LogP contribution < -0.4 is 14.8 Å². The maximum Gasteiger partial charge on any atom is 0.224 e. The van der Waals surface area contributed by atoms with E-state index >= 15 is 0 Å². The van der Waals surface area contributed by atoms with E-state index in [0.29, 0.717) is 31.3 Å². The van der Waals surface area contributed by atoms with E-state index in [0.717, 1.165) is 69.0 Å². The molecule has 3 aliphatic heterocycles.